The van der Waals surface area contributed by atoms with E-state index >= 15 is 0 Å². The Labute approximate surface area is 211 Å². The Morgan fingerprint density at radius 2 is 1.84 bits per heavy atom. The van der Waals surface area contributed by atoms with E-state index in [0.717, 1.165) is 24.5 Å². The second-order valence-electron chi connectivity index (χ2n) is 8.77. The first-order valence-corrected chi connectivity index (χ1v) is 12.4. The highest BCUT2D eigenvalue weighted by atomic mass is 32.3. The summed E-state index contributed by atoms with van der Waals surface area (Å²) in [4.78, 5) is 19.6. The fourth-order valence-corrected chi connectivity index (χ4v) is 4.99. The van der Waals surface area contributed by atoms with Crippen molar-refractivity contribution in [3.05, 3.63) is 64.6 Å². The van der Waals surface area contributed by atoms with Crippen LogP contribution in [0, 0.1) is 11.3 Å². The van der Waals surface area contributed by atoms with Gasteiger partial charge in [0.05, 0.1) is 27.9 Å². The molecule has 0 atom stereocenters. The Morgan fingerprint density at radius 1 is 1.11 bits per heavy atom. The maximum absolute atomic E-state index is 13.7. The molecule has 13 heteroatoms. The average molecular weight is 544 g/mol. The molecule has 0 saturated carbocycles. The molecule has 5 rings (SSSR count). The molecule has 0 saturated heterocycles. The summed E-state index contributed by atoms with van der Waals surface area (Å²) in [5, 5.41) is 9.85. The number of alkyl halides is 3. The number of nitriles is 1. The summed E-state index contributed by atoms with van der Waals surface area (Å²) in [5.74, 6) is -0.793. The van der Waals surface area contributed by atoms with Gasteiger partial charge in [0, 0.05) is 40.5 Å². The van der Waals surface area contributed by atoms with E-state index in [9.17, 15) is 35.5 Å². The third-order valence-electron chi connectivity index (χ3n) is 6.03. The first-order valence-electron chi connectivity index (χ1n) is 11.0. The van der Waals surface area contributed by atoms with Crippen LogP contribution >= 0.6 is 0 Å². The molecular formula is C25H16F4N4O4S. The zero-order valence-corrected chi connectivity index (χ0v) is 20.4. The number of nitrogens with zero attached hydrogens (tertiary/aromatic N) is 3. The summed E-state index contributed by atoms with van der Waals surface area (Å²) < 4.78 is 82.6. The maximum atomic E-state index is 13.7. The SMILES string of the molecule is CC(C)n1c2cc(-c3cncc(S(=O)(=O)F)c3)c(OC(F)(F)F)cc2c(=O)c2c3ccc(C#N)cc3[nH]c21. The fourth-order valence-electron chi connectivity index (χ4n) is 4.54. The Bertz CT molecular complexity index is 1990. The number of benzene rings is 2. The number of hydrogen-bond acceptors (Lipinski definition) is 6. The number of nitrogens with one attached hydrogen (secondary N) is 1. The predicted octanol–water partition coefficient (Wildman–Crippen LogP) is 5.71. The van der Waals surface area contributed by atoms with Crippen LogP contribution in [0.25, 0.3) is 44.0 Å². The third kappa shape index (κ3) is 4.22. The van der Waals surface area contributed by atoms with E-state index in [1.54, 1.807) is 30.5 Å². The number of hydrogen-bond donors (Lipinski definition) is 1. The highest BCUT2D eigenvalue weighted by Crippen LogP contribution is 2.39. The Balaban J connectivity index is 1.95. The van der Waals surface area contributed by atoms with E-state index in [1.807, 2.05) is 6.07 Å². The number of pyridine rings is 2. The van der Waals surface area contributed by atoms with Crippen molar-refractivity contribution in [2.24, 2.45) is 0 Å². The summed E-state index contributed by atoms with van der Waals surface area (Å²) in [7, 11) is -5.21. The van der Waals surface area contributed by atoms with Crippen molar-refractivity contribution in [1.82, 2.24) is 14.5 Å². The second-order valence-corrected chi connectivity index (χ2v) is 10.1. The number of rotatable bonds is 4. The van der Waals surface area contributed by atoms with Crippen LogP contribution in [0.15, 0.2) is 58.5 Å². The fraction of sp³-hybridized carbons (Fsp3) is 0.160. The predicted molar refractivity (Wildman–Crippen MR) is 131 cm³/mol. The molecule has 3 heterocycles. The van der Waals surface area contributed by atoms with Gasteiger partial charge in [0.15, 0.2) is 5.43 Å². The highest BCUT2D eigenvalue weighted by Gasteiger charge is 2.33. The normalized spacial score (nSPS) is 12.5. The van der Waals surface area contributed by atoms with Gasteiger partial charge in [0.1, 0.15) is 16.3 Å². The first-order chi connectivity index (χ1) is 17.8. The molecule has 38 heavy (non-hydrogen) atoms. The number of halogens is 4. The Hall–Kier alpha value is -4.44. The van der Waals surface area contributed by atoms with Crippen molar-refractivity contribution < 1.29 is 30.2 Å². The molecule has 0 aliphatic carbocycles. The van der Waals surface area contributed by atoms with Gasteiger partial charge in [-0.05, 0) is 44.2 Å². The molecule has 0 aliphatic heterocycles. The van der Waals surface area contributed by atoms with E-state index in [4.69, 9.17) is 0 Å². The van der Waals surface area contributed by atoms with Crippen LogP contribution < -0.4 is 10.2 Å². The van der Waals surface area contributed by atoms with Gasteiger partial charge in [-0.2, -0.15) is 13.7 Å². The Morgan fingerprint density at radius 3 is 2.47 bits per heavy atom. The van der Waals surface area contributed by atoms with Crippen LogP contribution in [-0.4, -0.2) is 29.3 Å². The van der Waals surface area contributed by atoms with Crippen LogP contribution in [-0.2, 0) is 10.2 Å². The van der Waals surface area contributed by atoms with Crippen LogP contribution in [0.5, 0.6) is 5.75 Å². The lowest BCUT2D eigenvalue weighted by atomic mass is 10.0. The van der Waals surface area contributed by atoms with Gasteiger partial charge in [0.25, 0.3) is 0 Å². The van der Waals surface area contributed by atoms with Crippen LogP contribution in [0.1, 0.15) is 25.5 Å². The van der Waals surface area contributed by atoms with Crippen LogP contribution in [0.2, 0.25) is 0 Å². The van der Waals surface area contributed by atoms with Crippen molar-refractivity contribution in [2.45, 2.75) is 31.1 Å². The van der Waals surface area contributed by atoms with Gasteiger partial charge >= 0.3 is 16.6 Å². The molecule has 0 bridgehead atoms. The average Bonchev–Trinajstić information content (AvgIpc) is 3.21. The molecule has 5 aromatic rings. The van der Waals surface area contributed by atoms with Crippen molar-refractivity contribution in [3.8, 4) is 22.9 Å². The molecule has 0 fully saturated rings. The summed E-state index contributed by atoms with van der Waals surface area (Å²) >= 11 is 0. The van der Waals surface area contributed by atoms with Gasteiger partial charge in [-0.25, -0.2) is 0 Å². The minimum Gasteiger partial charge on any atom is -0.405 e. The van der Waals surface area contributed by atoms with Crippen LogP contribution in [0.3, 0.4) is 0 Å². The quantitative estimate of drug-likeness (QED) is 0.229. The molecule has 3 aromatic heterocycles. The summed E-state index contributed by atoms with van der Waals surface area (Å²) in [6, 6.07) is 9.37. The zero-order chi connectivity index (χ0) is 27.6. The molecule has 1 N–H and O–H groups in total. The van der Waals surface area contributed by atoms with E-state index in [-0.39, 0.29) is 33.5 Å². The standard InChI is InChI=1S/C25H16F4N4O4S/c1-12(2)33-20-7-17(14-6-15(11-31-10-14)38(29,35)36)21(37-25(26,27)28)8-18(20)23(34)22-16-4-3-13(9-30)5-19(16)32-24(22)33/h3-8,10-12,32H,1-2H3. The van der Waals surface area contributed by atoms with E-state index in [0.29, 0.717) is 22.1 Å². The molecule has 2 aromatic carbocycles. The number of ether oxygens (including phenoxy) is 1. The van der Waals surface area contributed by atoms with Crippen molar-refractivity contribution in [1.29, 1.82) is 5.26 Å². The molecule has 0 spiro atoms. The smallest absolute Gasteiger partial charge is 0.405 e. The number of aromatic nitrogens is 3. The van der Waals surface area contributed by atoms with Gasteiger partial charge in [-0.3, -0.25) is 9.78 Å². The second kappa shape index (κ2) is 8.56. The topological polar surface area (TPSA) is 118 Å². The molecule has 0 unspecified atom stereocenters. The third-order valence-corrected chi connectivity index (χ3v) is 6.81. The lowest BCUT2D eigenvalue weighted by molar-refractivity contribution is -0.274. The van der Waals surface area contributed by atoms with Gasteiger partial charge < -0.3 is 14.3 Å². The van der Waals surface area contributed by atoms with Crippen LogP contribution in [0.4, 0.5) is 17.1 Å². The van der Waals surface area contributed by atoms with Gasteiger partial charge in [0.2, 0.25) is 0 Å². The molecule has 8 nitrogen and oxygen atoms in total. The highest BCUT2D eigenvalue weighted by molar-refractivity contribution is 7.86. The minimum atomic E-state index is -5.21. The molecule has 0 amide bonds. The van der Waals surface area contributed by atoms with Gasteiger partial charge in [-0.1, -0.05) is 6.07 Å². The molecule has 0 radical (unpaired) electrons. The van der Waals surface area contributed by atoms with Gasteiger partial charge in [-0.15, -0.1) is 17.1 Å². The lowest BCUT2D eigenvalue weighted by Gasteiger charge is -2.20. The van der Waals surface area contributed by atoms with Crippen molar-refractivity contribution in [2.75, 3.05) is 0 Å². The van der Waals surface area contributed by atoms with Crippen molar-refractivity contribution >= 4 is 43.1 Å². The number of H-pyrrole nitrogens is 1. The minimum absolute atomic E-state index is 0.0957. The zero-order valence-electron chi connectivity index (χ0n) is 19.6. The number of fused-ring (bicyclic) bond motifs is 4. The summed E-state index contributed by atoms with van der Waals surface area (Å²) in [6.45, 7) is 3.60. The van der Waals surface area contributed by atoms with E-state index in [1.165, 1.54) is 12.1 Å². The van der Waals surface area contributed by atoms with E-state index < -0.39 is 32.7 Å². The Kier molecular flexibility index (Phi) is 5.68. The molecular weight excluding hydrogens is 528 g/mol. The summed E-state index contributed by atoms with van der Waals surface area (Å²) in [6.07, 6.45) is -3.38. The monoisotopic (exact) mass is 544 g/mol. The summed E-state index contributed by atoms with van der Waals surface area (Å²) in [5.41, 5.74) is 0.388. The molecule has 194 valence electrons. The van der Waals surface area contributed by atoms with Crippen molar-refractivity contribution in [3.63, 3.8) is 0 Å². The number of aromatic amines is 1. The first kappa shape index (κ1) is 25.2. The maximum Gasteiger partial charge on any atom is 0.573 e. The lowest BCUT2D eigenvalue weighted by Crippen LogP contribution is -2.19. The van der Waals surface area contributed by atoms with E-state index in [2.05, 4.69) is 14.7 Å². The largest absolute Gasteiger partial charge is 0.573 e. The molecule has 0 aliphatic rings.